The molecule has 0 bridgehead atoms. The molecule has 3 aromatic rings. The molecule has 1 amide bonds. The van der Waals surface area contributed by atoms with Crippen molar-refractivity contribution in [3.8, 4) is 11.5 Å². The quantitative estimate of drug-likeness (QED) is 0.758. The number of hydrogen-bond acceptors (Lipinski definition) is 6. The van der Waals surface area contributed by atoms with Gasteiger partial charge in [-0.15, -0.1) is 0 Å². The number of likely N-dealkylation sites (N-methyl/N-ethyl adjacent to an activating group) is 1. The Balaban J connectivity index is 1.63. The van der Waals surface area contributed by atoms with E-state index < -0.39 is 0 Å². The molecule has 1 unspecified atom stereocenters. The van der Waals surface area contributed by atoms with Crippen molar-refractivity contribution in [1.82, 2.24) is 20.4 Å². The third-order valence-corrected chi connectivity index (χ3v) is 5.04. The predicted octanol–water partition coefficient (Wildman–Crippen LogP) is 3.01. The van der Waals surface area contributed by atoms with Crippen LogP contribution in [0.1, 0.15) is 35.8 Å². The SMILES string of the molecule is CCN1CCCC1CNC(=O)c1cc(-c2ccco2)nc2onc(C)c12. The van der Waals surface area contributed by atoms with Gasteiger partial charge in [-0.1, -0.05) is 12.1 Å². The van der Waals surface area contributed by atoms with Crippen LogP contribution >= 0.6 is 0 Å². The van der Waals surface area contributed by atoms with E-state index >= 15 is 0 Å². The zero-order valence-corrected chi connectivity index (χ0v) is 15.0. The Kier molecular flexibility index (Phi) is 4.46. The molecule has 0 saturated carbocycles. The summed E-state index contributed by atoms with van der Waals surface area (Å²) in [6.07, 6.45) is 3.87. The van der Waals surface area contributed by atoms with Crippen LogP contribution in [0.15, 0.2) is 33.4 Å². The van der Waals surface area contributed by atoms with Gasteiger partial charge in [-0.3, -0.25) is 9.69 Å². The average Bonchev–Trinajstić information content (AvgIpc) is 3.40. The molecule has 136 valence electrons. The minimum atomic E-state index is -0.139. The largest absolute Gasteiger partial charge is 0.463 e. The summed E-state index contributed by atoms with van der Waals surface area (Å²) in [5.74, 6) is 0.447. The Morgan fingerprint density at radius 3 is 3.12 bits per heavy atom. The Bertz CT molecular complexity index is 916. The molecule has 1 fully saturated rings. The van der Waals surface area contributed by atoms with E-state index in [9.17, 15) is 4.79 Å². The summed E-state index contributed by atoms with van der Waals surface area (Å²) >= 11 is 0. The minimum Gasteiger partial charge on any atom is -0.463 e. The maximum atomic E-state index is 12.9. The van der Waals surface area contributed by atoms with Crippen LogP contribution in [-0.4, -0.2) is 46.6 Å². The monoisotopic (exact) mass is 354 g/mol. The fourth-order valence-corrected chi connectivity index (χ4v) is 3.67. The van der Waals surface area contributed by atoms with Gasteiger partial charge in [-0.25, -0.2) is 4.98 Å². The molecule has 0 spiro atoms. The second kappa shape index (κ2) is 6.92. The highest BCUT2D eigenvalue weighted by Crippen LogP contribution is 2.27. The Hall–Kier alpha value is -2.67. The van der Waals surface area contributed by atoms with Crippen molar-refractivity contribution in [2.45, 2.75) is 32.7 Å². The van der Waals surface area contributed by atoms with Crippen molar-refractivity contribution in [2.75, 3.05) is 19.6 Å². The second-order valence-corrected chi connectivity index (χ2v) is 6.62. The summed E-state index contributed by atoms with van der Waals surface area (Å²) in [5.41, 5.74) is 2.07. The van der Waals surface area contributed by atoms with Crippen LogP contribution in [0.3, 0.4) is 0 Å². The molecule has 1 saturated heterocycles. The maximum Gasteiger partial charge on any atom is 0.259 e. The topological polar surface area (TPSA) is 84.4 Å². The van der Waals surface area contributed by atoms with Crippen LogP contribution in [0.4, 0.5) is 0 Å². The lowest BCUT2D eigenvalue weighted by Crippen LogP contribution is -2.40. The summed E-state index contributed by atoms with van der Waals surface area (Å²) in [6, 6.07) is 5.73. The summed E-state index contributed by atoms with van der Waals surface area (Å²) < 4.78 is 10.7. The molecule has 1 atom stereocenters. The standard InChI is InChI=1S/C19H22N4O3/c1-3-23-8-4-6-13(23)11-20-18(24)14-10-15(16-7-5-9-25-16)21-19-17(14)12(2)22-26-19/h5,7,9-10,13H,3-4,6,8,11H2,1-2H3,(H,20,24). The molecule has 4 heterocycles. The van der Waals surface area contributed by atoms with Gasteiger partial charge in [0.1, 0.15) is 5.69 Å². The van der Waals surface area contributed by atoms with Gasteiger partial charge >= 0.3 is 0 Å². The zero-order chi connectivity index (χ0) is 18.1. The van der Waals surface area contributed by atoms with Crippen molar-refractivity contribution >= 4 is 17.0 Å². The lowest BCUT2D eigenvalue weighted by molar-refractivity contribution is 0.0943. The molecule has 0 aliphatic carbocycles. The molecule has 4 rings (SSSR count). The number of nitrogens with zero attached hydrogens (tertiary/aromatic N) is 3. The van der Waals surface area contributed by atoms with Crippen LogP contribution in [0.2, 0.25) is 0 Å². The van der Waals surface area contributed by atoms with E-state index in [-0.39, 0.29) is 5.91 Å². The zero-order valence-electron chi connectivity index (χ0n) is 15.0. The molecular formula is C19H22N4O3. The number of furan rings is 1. The van der Waals surface area contributed by atoms with Crippen molar-refractivity contribution in [3.63, 3.8) is 0 Å². The molecular weight excluding hydrogens is 332 g/mol. The molecule has 0 aromatic carbocycles. The van der Waals surface area contributed by atoms with Crippen molar-refractivity contribution in [2.24, 2.45) is 0 Å². The van der Waals surface area contributed by atoms with E-state index in [1.54, 1.807) is 24.5 Å². The third-order valence-electron chi connectivity index (χ3n) is 5.04. The fraction of sp³-hybridized carbons (Fsp3) is 0.421. The van der Waals surface area contributed by atoms with Gasteiger partial charge in [-0.2, -0.15) is 0 Å². The molecule has 1 aliphatic rings. The van der Waals surface area contributed by atoms with Gasteiger partial charge in [0, 0.05) is 12.6 Å². The summed E-state index contributed by atoms with van der Waals surface area (Å²) in [5, 5.41) is 7.70. The van der Waals surface area contributed by atoms with Crippen LogP contribution < -0.4 is 5.32 Å². The average molecular weight is 354 g/mol. The van der Waals surface area contributed by atoms with E-state index in [0.29, 0.717) is 46.4 Å². The Morgan fingerprint density at radius 1 is 1.46 bits per heavy atom. The number of hydrogen-bond donors (Lipinski definition) is 1. The number of aryl methyl sites for hydroxylation is 1. The van der Waals surface area contributed by atoms with Crippen molar-refractivity contribution < 1.29 is 13.7 Å². The van der Waals surface area contributed by atoms with Gasteiger partial charge in [0.2, 0.25) is 0 Å². The number of aromatic nitrogens is 2. The highest BCUT2D eigenvalue weighted by Gasteiger charge is 2.25. The Morgan fingerprint density at radius 2 is 2.35 bits per heavy atom. The molecule has 3 aromatic heterocycles. The molecule has 1 N–H and O–H groups in total. The van der Waals surface area contributed by atoms with Crippen molar-refractivity contribution in [3.05, 3.63) is 35.7 Å². The van der Waals surface area contributed by atoms with Crippen LogP contribution in [-0.2, 0) is 0 Å². The predicted molar refractivity (Wildman–Crippen MR) is 96.8 cm³/mol. The Labute approximate surface area is 151 Å². The van der Waals surface area contributed by atoms with E-state index in [1.165, 1.54) is 6.42 Å². The first-order valence-electron chi connectivity index (χ1n) is 9.00. The maximum absolute atomic E-state index is 12.9. The number of nitrogens with one attached hydrogen (secondary N) is 1. The van der Waals surface area contributed by atoms with E-state index in [0.717, 1.165) is 19.5 Å². The van der Waals surface area contributed by atoms with E-state index in [1.807, 2.05) is 6.92 Å². The van der Waals surface area contributed by atoms with Crippen molar-refractivity contribution in [1.29, 1.82) is 0 Å². The minimum absolute atomic E-state index is 0.139. The van der Waals surface area contributed by atoms with Crippen LogP contribution in [0.5, 0.6) is 0 Å². The van der Waals surface area contributed by atoms with Gasteiger partial charge in [0.15, 0.2) is 5.76 Å². The summed E-state index contributed by atoms with van der Waals surface area (Å²) in [7, 11) is 0. The second-order valence-electron chi connectivity index (χ2n) is 6.62. The molecule has 7 heteroatoms. The number of carbonyl (C=O) groups is 1. The van der Waals surface area contributed by atoms with Crippen LogP contribution in [0.25, 0.3) is 22.6 Å². The number of fused-ring (bicyclic) bond motifs is 1. The first-order valence-corrected chi connectivity index (χ1v) is 9.00. The highest BCUT2D eigenvalue weighted by atomic mass is 16.5. The van der Waals surface area contributed by atoms with Gasteiger partial charge in [-0.05, 0) is 51.1 Å². The van der Waals surface area contributed by atoms with Gasteiger partial charge in [0.05, 0.1) is 22.9 Å². The summed E-state index contributed by atoms with van der Waals surface area (Å²) in [6.45, 7) is 6.71. The number of likely N-dealkylation sites (tertiary alicyclic amines) is 1. The molecule has 26 heavy (non-hydrogen) atoms. The molecule has 0 radical (unpaired) electrons. The lowest BCUT2D eigenvalue weighted by atomic mass is 10.1. The normalized spacial score (nSPS) is 17.8. The lowest BCUT2D eigenvalue weighted by Gasteiger charge is -2.22. The van der Waals surface area contributed by atoms with Gasteiger partial charge < -0.3 is 14.3 Å². The van der Waals surface area contributed by atoms with Crippen LogP contribution in [0, 0.1) is 6.92 Å². The summed E-state index contributed by atoms with van der Waals surface area (Å²) in [4.78, 5) is 19.8. The smallest absolute Gasteiger partial charge is 0.259 e. The number of pyridine rings is 1. The first-order chi connectivity index (χ1) is 12.7. The fourth-order valence-electron chi connectivity index (χ4n) is 3.67. The third kappa shape index (κ3) is 2.99. The molecule has 7 nitrogen and oxygen atoms in total. The van der Waals surface area contributed by atoms with Gasteiger partial charge in [0.25, 0.3) is 11.6 Å². The number of rotatable bonds is 5. The molecule has 1 aliphatic heterocycles. The van der Waals surface area contributed by atoms with E-state index in [4.69, 9.17) is 8.94 Å². The number of carbonyl (C=O) groups excluding carboxylic acids is 1. The van der Waals surface area contributed by atoms with E-state index in [2.05, 4.69) is 27.3 Å². The first kappa shape index (κ1) is 16.8. The number of amides is 1. The highest BCUT2D eigenvalue weighted by molar-refractivity contribution is 6.06.